The Morgan fingerprint density at radius 3 is 2.74 bits per heavy atom. The number of aliphatic hydroxyl groups excluding tert-OH is 2. The largest absolute Gasteiger partial charge is 0.393 e. The van der Waals surface area contributed by atoms with Crippen molar-refractivity contribution in [3.63, 3.8) is 0 Å². The van der Waals surface area contributed by atoms with Gasteiger partial charge in [0.1, 0.15) is 5.82 Å². The second-order valence-corrected chi connectivity index (χ2v) is 14.2. The van der Waals surface area contributed by atoms with Gasteiger partial charge in [-0.1, -0.05) is 32.9 Å². The summed E-state index contributed by atoms with van der Waals surface area (Å²) in [5.74, 6) is 4.41. The van der Waals surface area contributed by atoms with Crippen molar-refractivity contribution in [3.8, 4) is 0 Å². The van der Waals surface area contributed by atoms with Crippen molar-refractivity contribution in [3.05, 3.63) is 30.1 Å². The van der Waals surface area contributed by atoms with Crippen LogP contribution in [0.5, 0.6) is 0 Å². The molecule has 2 aromatic rings. The number of H-pyrrole nitrogens is 1. The van der Waals surface area contributed by atoms with Crippen LogP contribution in [0.3, 0.4) is 0 Å². The van der Waals surface area contributed by atoms with E-state index in [0.717, 1.165) is 49.0 Å². The van der Waals surface area contributed by atoms with Gasteiger partial charge in [-0.15, -0.1) is 0 Å². The Labute approximate surface area is 233 Å². The molecule has 4 fully saturated rings. The maximum Gasteiger partial charge on any atom is 0.220 e. The van der Waals surface area contributed by atoms with E-state index in [4.69, 9.17) is 0 Å². The lowest BCUT2D eigenvalue weighted by molar-refractivity contribution is -0.174. The molecule has 4 N–H and O–H groups in total. The number of amides is 1. The second kappa shape index (κ2) is 10.5. The Morgan fingerprint density at radius 1 is 1.10 bits per heavy atom. The monoisotopic (exact) mass is 535 g/mol. The number of para-hydroxylation sites is 2. The van der Waals surface area contributed by atoms with Gasteiger partial charge in [0.25, 0.3) is 0 Å². The first kappa shape index (κ1) is 27.3. The molecule has 39 heavy (non-hydrogen) atoms. The summed E-state index contributed by atoms with van der Waals surface area (Å²) in [6, 6.07) is 8.01. The van der Waals surface area contributed by atoms with Crippen molar-refractivity contribution in [2.24, 2.45) is 46.3 Å². The van der Waals surface area contributed by atoms with E-state index >= 15 is 0 Å². The van der Waals surface area contributed by atoms with Crippen molar-refractivity contribution >= 4 is 16.9 Å². The van der Waals surface area contributed by atoms with Gasteiger partial charge in [-0.2, -0.15) is 0 Å². The number of rotatable bonds is 7. The van der Waals surface area contributed by atoms with E-state index in [1.54, 1.807) is 0 Å². The van der Waals surface area contributed by atoms with Crippen molar-refractivity contribution in [1.29, 1.82) is 0 Å². The average Bonchev–Trinajstić information content (AvgIpc) is 3.50. The molecule has 6 rings (SSSR count). The summed E-state index contributed by atoms with van der Waals surface area (Å²) in [6.07, 6.45) is 10.5. The van der Waals surface area contributed by atoms with Crippen LogP contribution in [0.4, 0.5) is 0 Å². The first-order chi connectivity index (χ1) is 18.7. The molecule has 4 aliphatic carbocycles. The smallest absolute Gasteiger partial charge is 0.220 e. The molecule has 4 aliphatic rings. The number of benzene rings is 1. The number of hydrogen-bond donors (Lipinski definition) is 4. The zero-order chi connectivity index (χ0) is 27.4. The number of aromatic nitrogens is 2. The molecule has 1 aromatic heterocycles. The zero-order valence-electron chi connectivity index (χ0n) is 24.2. The average molecular weight is 536 g/mol. The van der Waals surface area contributed by atoms with Crippen molar-refractivity contribution in [2.45, 2.75) is 104 Å². The molecular weight excluding hydrogens is 486 g/mol. The first-order valence-corrected chi connectivity index (χ1v) is 15.8. The van der Waals surface area contributed by atoms with E-state index in [9.17, 15) is 15.0 Å². The lowest BCUT2D eigenvalue weighted by Crippen LogP contribution is -2.58. The van der Waals surface area contributed by atoms with Crippen LogP contribution in [-0.4, -0.2) is 44.8 Å². The van der Waals surface area contributed by atoms with E-state index in [1.165, 1.54) is 25.7 Å². The minimum absolute atomic E-state index is 0.0459. The molecular formula is C33H49N3O3. The number of fused-ring (bicyclic) bond motifs is 6. The molecule has 4 saturated carbocycles. The molecule has 6 heteroatoms. The summed E-state index contributed by atoms with van der Waals surface area (Å²) in [5, 5.41) is 25.2. The number of imidazole rings is 1. The minimum atomic E-state index is -0.265. The van der Waals surface area contributed by atoms with E-state index in [1.807, 2.05) is 24.3 Å². The highest BCUT2D eigenvalue weighted by atomic mass is 16.3. The fraction of sp³-hybridized carbons (Fsp3) is 0.758. The molecule has 0 saturated heterocycles. The van der Waals surface area contributed by atoms with Gasteiger partial charge in [-0.05, 0) is 116 Å². The third-order valence-corrected chi connectivity index (χ3v) is 12.5. The summed E-state index contributed by atoms with van der Waals surface area (Å²) >= 11 is 0. The van der Waals surface area contributed by atoms with Crippen molar-refractivity contribution in [1.82, 2.24) is 15.3 Å². The Bertz CT molecular complexity index is 1150. The van der Waals surface area contributed by atoms with E-state index in [-0.39, 0.29) is 28.9 Å². The van der Waals surface area contributed by atoms with E-state index in [0.29, 0.717) is 54.9 Å². The molecule has 0 unspecified atom stereocenters. The molecule has 214 valence electrons. The van der Waals surface area contributed by atoms with Gasteiger partial charge in [-0.3, -0.25) is 4.79 Å². The van der Waals surface area contributed by atoms with Gasteiger partial charge in [0.05, 0.1) is 23.2 Å². The Morgan fingerprint density at radius 2 is 1.92 bits per heavy atom. The van der Waals surface area contributed by atoms with Crippen LogP contribution in [0, 0.1) is 46.3 Å². The number of nitrogens with zero attached hydrogens (tertiary/aromatic N) is 1. The van der Waals surface area contributed by atoms with E-state index < -0.39 is 0 Å². The summed E-state index contributed by atoms with van der Waals surface area (Å²) in [6.45, 7) is 7.78. The van der Waals surface area contributed by atoms with Crippen LogP contribution in [0.15, 0.2) is 24.3 Å². The highest BCUT2D eigenvalue weighted by molar-refractivity contribution is 5.76. The number of aromatic amines is 1. The summed E-state index contributed by atoms with van der Waals surface area (Å²) in [5.41, 5.74) is 2.23. The standard InChI is InChI=1S/C33H49N3O3/c1-20(8-13-31(39)34-17-15-30-35-27-6-4-5-7-28(27)36-30)24-11-12-25-23-10-9-21-18-22(37)14-16-32(21,2)26(23)19-29(38)33(24,25)3/h4-7,20-26,29,37-38H,8-19H2,1-3H3,(H,34,39)(H,35,36)/t20-,21-,22-,23+,24-,25+,26+,29+,32+,33-/m1/s1. The van der Waals surface area contributed by atoms with Gasteiger partial charge >= 0.3 is 0 Å². The van der Waals surface area contributed by atoms with Crippen LogP contribution in [0.2, 0.25) is 0 Å². The zero-order valence-corrected chi connectivity index (χ0v) is 24.2. The summed E-state index contributed by atoms with van der Waals surface area (Å²) in [7, 11) is 0. The van der Waals surface area contributed by atoms with Crippen LogP contribution < -0.4 is 5.32 Å². The Balaban J connectivity index is 1.04. The molecule has 1 amide bonds. The maximum atomic E-state index is 12.7. The maximum absolute atomic E-state index is 12.7. The molecule has 0 radical (unpaired) electrons. The SMILES string of the molecule is C[C@H](CCC(=O)NCCc1nc2ccccc2[nH]1)[C@H]1CC[C@H]2[C@@H]3CC[C@@H]4C[C@H](O)CC[C@]4(C)[C@H]3C[C@H](O)[C@]12C. The summed E-state index contributed by atoms with van der Waals surface area (Å²) in [4.78, 5) is 20.7. The van der Waals surface area contributed by atoms with Gasteiger partial charge in [0.2, 0.25) is 5.91 Å². The fourth-order valence-corrected chi connectivity index (χ4v) is 10.3. The van der Waals surface area contributed by atoms with E-state index in [2.05, 4.69) is 36.1 Å². The third kappa shape index (κ3) is 4.73. The topological polar surface area (TPSA) is 98.2 Å². The van der Waals surface area contributed by atoms with Crippen LogP contribution in [-0.2, 0) is 11.2 Å². The van der Waals surface area contributed by atoms with Crippen molar-refractivity contribution < 1.29 is 15.0 Å². The molecule has 0 spiro atoms. The number of hydrogen-bond acceptors (Lipinski definition) is 4. The normalized spacial score (nSPS) is 40.5. The van der Waals surface area contributed by atoms with Crippen molar-refractivity contribution in [2.75, 3.05) is 6.54 Å². The lowest BCUT2D eigenvalue weighted by atomic mass is 9.43. The molecule has 6 nitrogen and oxygen atoms in total. The second-order valence-electron chi connectivity index (χ2n) is 14.2. The molecule has 1 aromatic carbocycles. The predicted molar refractivity (Wildman–Crippen MR) is 154 cm³/mol. The first-order valence-electron chi connectivity index (χ1n) is 15.8. The number of nitrogens with one attached hydrogen (secondary N) is 2. The highest BCUT2D eigenvalue weighted by Gasteiger charge is 2.63. The van der Waals surface area contributed by atoms with Crippen LogP contribution in [0.25, 0.3) is 11.0 Å². The molecule has 1 heterocycles. The molecule has 0 aliphatic heterocycles. The quantitative estimate of drug-likeness (QED) is 0.369. The highest BCUT2D eigenvalue weighted by Crippen LogP contribution is 2.68. The minimum Gasteiger partial charge on any atom is -0.393 e. The third-order valence-electron chi connectivity index (χ3n) is 12.5. The van der Waals surface area contributed by atoms with Crippen LogP contribution in [0.1, 0.15) is 90.8 Å². The summed E-state index contributed by atoms with van der Waals surface area (Å²) < 4.78 is 0. The van der Waals surface area contributed by atoms with Gasteiger partial charge < -0.3 is 20.5 Å². The van der Waals surface area contributed by atoms with Gasteiger partial charge in [0, 0.05) is 19.4 Å². The number of carbonyl (C=O) groups excluding carboxylic acids is 1. The number of aliphatic hydroxyl groups is 2. The number of carbonyl (C=O) groups is 1. The van der Waals surface area contributed by atoms with Gasteiger partial charge in [0.15, 0.2) is 0 Å². The fourth-order valence-electron chi connectivity index (χ4n) is 10.3. The lowest BCUT2D eigenvalue weighted by Gasteiger charge is -2.62. The Kier molecular flexibility index (Phi) is 7.33. The van der Waals surface area contributed by atoms with Crippen LogP contribution >= 0.6 is 0 Å². The predicted octanol–water partition coefficient (Wildman–Crippen LogP) is 5.63. The molecule has 10 atom stereocenters. The Hall–Kier alpha value is -1.92. The molecule has 0 bridgehead atoms. The van der Waals surface area contributed by atoms with Gasteiger partial charge in [-0.25, -0.2) is 4.98 Å².